The molecule has 2 aliphatic rings. The molecule has 184 valence electrons. The van der Waals surface area contributed by atoms with Crippen molar-refractivity contribution < 1.29 is 24.2 Å². The monoisotopic (exact) mass is 520 g/mol. The molecule has 0 saturated carbocycles. The maximum Gasteiger partial charge on any atom is 0.356 e. The molecule has 0 unspecified atom stereocenters. The molecule has 36 heavy (non-hydrogen) atoms. The standard InChI is InChI=1S/C27H24N2O5S2/c1-17(31)28-27(21-13-8-14-35-21)25(33)29-22(20(15-30)16-36-26(27)29)24(32)34-23(18-9-4-2-5-10-18)19-11-6-3-7-12-19/h2-14,23,26,30H,15-16H2,1H3,(H,28,31)/t26-,27-/m0/s1. The van der Waals surface area contributed by atoms with Crippen LogP contribution in [0.15, 0.2) is 89.4 Å². The number of nitrogens with zero attached hydrogens (tertiary/aromatic N) is 1. The molecule has 2 aliphatic heterocycles. The number of benzene rings is 2. The van der Waals surface area contributed by atoms with Crippen molar-refractivity contribution in [3.05, 3.63) is 105 Å². The van der Waals surface area contributed by atoms with Gasteiger partial charge in [-0.2, -0.15) is 0 Å². The number of hydrogen-bond donors (Lipinski definition) is 2. The van der Waals surface area contributed by atoms with Crippen LogP contribution in [0.5, 0.6) is 0 Å². The van der Waals surface area contributed by atoms with Crippen LogP contribution in [0.4, 0.5) is 0 Å². The zero-order valence-electron chi connectivity index (χ0n) is 19.4. The molecule has 2 N–H and O–H groups in total. The number of rotatable bonds is 7. The Balaban J connectivity index is 1.51. The molecule has 7 nitrogen and oxygen atoms in total. The fourth-order valence-corrected chi connectivity index (χ4v) is 7.11. The van der Waals surface area contributed by atoms with E-state index in [0.29, 0.717) is 16.2 Å². The second-order valence-corrected chi connectivity index (χ2v) is 10.5. The number of fused-ring (bicyclic) bond motifs is 1. The lowest BCUT2D eigenvalue weighted by Crippen LogP contribution is -2.77. The number of β-lactam (4-membered cyclic amide) rings is 1. The van der Waals surface area contributed by atoms with Crippen LogP contribution in [-0.2, 0) is 24.7 Å². The van der Waals surface area contributed by atoms with Gasteiger partial charge < -0.3 is 15.2 Å². The molecule has 2 atom stereocenters. The predicted octanol–water partition coefficient (Wildman–Crippen LogP) is 3.57. The maximum atomic E-state index is 13.7. The lowest BCUT2D eigenvalue weighted by atomic mass is 9.84. The highest BCUT2D eigenvalue weighted by atomic mass is 32.2. The summed E-state index contributed by atoms with van der Waals surface area (Å²) in [5.74, 6) is -1.14. The van der Waals surface area contributed by atoms with Crippen LogP contribution in [0.25, 0.3) is 0 Å². The van der Waals surface area contributed by atoms with Crippen LogP contribution in [0, 0.1) is 0 Å². The first-order valence-corrected chi connectivity index (χ1v) is 13.3. The molecule has 0 spiro atoms. The molecule has 0 radical (unpaired) electrons. The van der Waals surface area contributed by atoms with Gasteiger partial charge in [0.2, 0.25) is 5.91 Å². The minimum atomic E-state index is -1.27. The summed E-state index contributed by atoms with van der Waals surface area (Å²) in [4.78, 5) is 41.6. The van der Waals surface area contributed by atoms with E-state index in [9.17, 15) is 19.5 Å². The Morgan fingerprint density at radius 3 is 2.25 bits per heavy atom. The van der Waals surface area contributed by atoms with E-state index in [4.69, 9.17) is 4.74 Å². The second kappa shape index (κ2) is 9.93. The van der Waals surface area contributed by atoms with Crippen LogP contribution in [-0.4, -0.2) is 45.5 Å². The third-order valence-electron chi connectivity index (χ3n) is 6.25. The van der Waals surface area contributed by atoms with E-state index in [-0.39, 0.29) is 18.2 Å². The predicted molar refractivity (Wildman–Crippen MR) is 138 cm³/mol. The van der Waals surface area contributed by atoms with E-state index < -0.39 is 28.9 Å². The number of thioether (sulfide) groups is 1. The first kappa shape index (κ1) is 24.3. The minimum Gasteiger partial charge on any atom is -0.448 e. The fourth-order valence-electron chi connectivity index (χ4n) is 4.66. The average Bonchev–Trinajstić information content (AvgIpc) is 3.45. The number of hydrogen-bond acceptors (Lipinski definition) is 7. The summed E-state index contributed by atoms with van der Waals surface area (Å²) in [6.45, 7) is 0.981. The average molecular weight is 521 g/mol. The molecule has 1 saturated heterocycles. The van der Waals surface area contributed by atoms with Crippen molar-refractivity contribution in [3.8, 4) is 0 Å². The number of aliphatic hydroxyl groups excluding tert-OH is 1. The van der Waals surface area contributed by atoms with E-state index in [1.807, 2.05) is 72.1 Å². The van der Waals surface area contributed by atoms with Gasteiger partial charge in [-0.3, -0.25) is 14.5 Å². The molecular weight excluding hydrogens is 496 g/mol. The Morgan fingerprint density at radius 2 is 1.72 bits per heavy atom. The van der Waals surface area contributed by atoms with Gasteiger partial charge in [0.15, 0.2) is 11.6 Å². The van der Waals surface area contributed by atoms with Crippen LogP contribution in [0.2, 0.25) is 0 Å². The van der Waals surface area contributed by atoms with Gasteiger partial charge in [-0.1, -0.05) is 66.7 Å². The topological polar surface area (TPSA) is 95.9 Å². The van der Waals surface area contributed by atoms with Gasteiger partial charge in [0.1, 0.15) is 11.1 Å². The van der Waals surface area contributed by atoms with Gasteiger partial charge in [-0.15, -0.1) is 23.1 Å². The number of nitrogens with one attached hydrogen (secondary N) is 1. The van der Waals surface area contributed by atoms with Crippen molar-refractivity contribution in [3.63, 3.8) is 0 Å². The molecule has 2 amide bonds. The van der Waals surface area contributed by atoms with Gasteiger partial charge in [0.05, 0.1) is 6.61 Å². The van der Waals surface area contributed by atoms with E-state index >= 15 is 0 Å². The molecular formula is C27H24N2O5S2. The Bertz CT molecular complexity index is 1270. The summed E-state index contributed by atoms with van der Waals surface area (Å²) in [5, 5.41) is 14.2. The van der Waals surface area contributed by atoms with Crippen LogP contribution < -0.4 is 5.32 Å². The third-order valence-corrected chi connectivity index (χ3v) is 8.65. The van der Waals surface area contributed by atoms with E-state index in [1.54, 1.807) is 6.07 Å². The van der Waals surface area contributed by atoms with E-state index in [1.165, 1.54) is 34.9 Å². The van der Waals surface area contributed by atoms with Crippen LogP contribution in [0.3, 0.4) is 0 Å². The molecule has 0 bridgehead atoms. The van der Waals surface area contributed by atoms with Crippen LogP contribution in [0.1, 0.15) is 29.0 Å². The summed E-state index contributed by atoms with van der Waals surface area (Å²) in [5.41, 5.74) is 0.755. The molecule has 1 aromatic heterocycles. The molecule has 3 aromatic rings. The van der Waals surface area contributed by atoms with Crippen LogP contribution >= 0.6 is 23.1 Å². The highest BCUT2D eigenvalue weighted by molar-refractivity contribution is 8.00. The number of ether oxygens (including phenoxy) is 1. The zero-order chi connectivity index (χ0) is 25.3. The Hall–Kier alpha value is -3.40. The molecule has 5 rings (SSSR count). The number of aliphatic hydroxyl groups is 1. The zero-order valence-corrected chi connectivity index (χ0v) is 21.1. The van der Waals surface area contributed by atoms with Crippen molar-refractivity contribution in [2.75, 3.05) is 12.4 Å². The first-order chi connectivity index (χ1) is 17.5. The fraction of sp³-hybridized carbons (Fsp3) is 0.222. The van der Waals surface area contributed by atoms with Gasteiger partial charge in [-0.05, 0) is 28.1 Å². The SMILES string of the molecule is CC(=O)N[C@@]1(c2cccs2)C(=O)N2C(C(=O)OC(c3ccccc3)c3ccccc3)=C(CO)CS[C@H]21. The first-order valence-electron chi connectivity index (χ1n) is 11.4. The largest absolute Gasteiger partial charge is 0.448 e. The summed E-state index contributed by atoms with van der Waals surface area (Å²) in [6.07, 6.45) is -0.700. The summed E-state index contributed by atoms with van der Waals surface area (Å²) < 4.78 is 6.04. The molecule has 0 aliphatic carbocycles. The second-order valence-electron chi connectivity index (χ2n) is 8.52. The van der Waals surface area contributed by atoms with Gasteiger partial charge in [-0.25, -0.2) is 4.79 Å². The summed E-state index contributed by atoms with van der Waals surface area (Å²) in [6, 6.07) is 22.4. The summed E-state index contributed by atoms with van der Waals surface area (Å²) in [7, 11) is 0. The third kappa shape index (κ3) is 4.03. The molecule has 9 heteroatoms. The number of esters is 1. The molecule has 2 aromatic carbocycles. The van der Waals surface area contributed by atoms with E-state index in [2.05, 4.69) is 5.32 Å². The lowest BCUT2D eigenvalue weighted by Gasteiger charge is -2.57. The van der Waals surface area contributed by atoms with Crippen molar-refractivity contribution in [1.82, 2.24) is 10.2 Å². The van der Waals surface area contributed by atoms with Gasteiger partial charge in [0.25, 0.3) is 5.91 Å². The highest BCUT2D eigenvalue weighted by Gasteiger charge is 2.66. The summed E-state index contributed by atoms with van der Waals surface area (Å²) >= 11 is 2.77. The number of amides is 2. The lowest BCUT2D eigenvalue weighted by molar-refractivity contribution is -0.162. The Labute approximate surface area is 216 Å². The highest BCUT2D eigenvalue weighted by Crippen LogP contribution is 2.52. The van der Waals surface area contributed by atoms with Crippen molar-refractivity contribution in [1.29, 1.82) is 0 Å². The number of carbonyl (C=O) groups excluding carboxylic acids is 3. The molecule has 1 fully saturated rings. The van der Waals surface area contributed by atoms with Gasteiger partial charge in [0, 0.05) is 17.6 Å². The Morgan fingerprint density at radius 1 is 1.08 bits per heavy atom. The molecule has 3 heterocycles. The van der Waals surface area contributed by atoms with Crippen molar-refractivity contribution in [2.45, 2.75) is 23.9 Å². The minimum absolute atomic E-state index is 0.0423. The van der Waals surface area contributed by atoms with Gasteiger partial charge >= 0.3 is 5.97 Å². The number of thiophene rings is 1. The van der Waals surface area contributed by atoms with E-state index in [0.717, 1.165) is 11.1 Å². The van der Waals surface area contributed by atoms with Crippen molar-refractivity contribution in [2.24, 2.45) is 0 Å². The quantitative estimate of drug-likeness (QED) is 0.365. The maximum absolute atomic E-state index is 13.7. The number of carbonyl (C=O) groups is 3. The normalized spacial score (nSPS) is 21.1. The smallest absolute Gasteiger partial charge is 0.356 e. The van der Waals surface area contributed by atoms with Crippen molar-refractivity contribution >= 4 is 40.9 Å². The Kier molecular flexibility index (Phi) is 6.70.